The molecule has 0 spiro atoms. The van der Waals surface area contributed by atoms with Crippen LogP contribution in [0.5, 0.6) is 0 Å². The summed E-state index contributed by atoms with van der Waals surface area (Å²) in [6.07, 6.45) is 1.90. The number of carbonyl (C=O) groups excluding carboxylic acids is 1. The van der Waals surface area contributed by atoms with E-state index in [0.29, 0.717) is 18.4 Å². The minimum Gasteiger partial charge on any atom is -0.305 e. The summed E-state index contributed by atoms with van der Waals surface area (Å²) in [4.78, 5) is 40.2. The van der Waals surface area contributed by atoms with Crippen LogP contribution in [-0.2, 0) is 12.5 Å². The van der Waals surface area contributed by atoms with E-state index in [4.69, 9.17) is 0 Å². The second-order valence-corrected chi connectivity index (χ2v) is 9.24. The number of aromatic nitrogens is 2. The zero-order valence-corrected chi connectivity index (χ0v) is 18.3. The van der Waals surface area contributed by atoms with Gasteiger partial charge in [0.05, 0.1) is 11.0 Å². The summed E-state index contributed by atoms with van der Waals surface area (Å²) in [6, 6.07) is 11.6. The highest BCUT2D eigenvalue weighted by atomic mass is 19.1. The summed E-state index contributed by atoms with van der Waals surface area (Å²) in [7, 11) is 1.65. The Morgan fingerprint density at radius 1 is 1.12 bits per heavy atom. The molecule has 1 aromatic heterocycles. The maximum absolute atomic E-state index is 13.1. The maximum atomic E-state index is 13.1. The van der Waals surface area contributed by atoms with Crippen molar-refractivity contribution in [1.82, 2.24) is 14.0 Å². The first-order valence-corrected chi connectivity index (χ1v) is 11.1. The molecule has 0 bridgehead atoms. The lowest BCUT2D eigenvalue weighted by Crippen LogP contribution is -2.51. The van der Waals surface area contributed by atoms with Crippen LogP contribution in [0.4, 0.5) is 4.39 Å². The van der Waals surface area contributed by atoms with Gasteiger partial charge in [-0.1, -0.05) is 19.1 Å². The Morgan fingerprint density at radius 3 is 2.62 bits per heavy atom. The highest BCUT2D eigenvalue weighted by molar-refractivity contribution is 5.95. The molecule has 32 heavy (non-hydrogen) atoms. The number of para-hydroxylation sites is 1. The molecule has 0 saturated carbocycles. The third-order valence-corrected chi connectivity index (χ3v) is 7.30. The van der Waals surface area contributed by atoms with E-state index >= 15 is 0 Å². The van der Waals surface area contributed by atoms with E-state index < -0.39 is 11.1 Å². The number of carbonyl (C=O) groups is 1. The number of halogens is 1. The third kappa shape index (κ3) is 3.06. The molecule has 0 N–H and O–H groups in total. The van der Waals surface area contributed by atoms with Gasteiger partial charge < -0.3 is 9.47 Å². The fourth-order valence-electron chi connectivity index (χ4n) is 5.66. The van der Waals surface area contributed by atoms with E-state index in [1.165, 1.54) is 28.8 Å². The molecule has 0 aliphatic carbocycles. The number of benzene rings is 2. The van der Waals surface area contributed by atoms with Crippen LogP contribution in [-0.4, -0.2) is 39.5 Å². The van der Waals surface area contributed by atoms with E-state index in [9.17, 15) is 18.8 Å². The summed E-state index contributed by atoms with van der Waals surface area (Å²) < 4.78 is 16.3. The van der Waals surface area contributed by atoms with Crippen LogP contribution in [0.1, 0.15) is 48.1 Å². The zero-order chi connectivity index (χ0) is 22.6. The smallest absolute Gasteiger partial charge is 0.305 e. The van der Waals surface area contributed by atoms with Gasteiger partial charge in [-0.15, -0.1) is 0 Å². The van der Waals surface area contributed by atoms with Gasteiger partial charge in [-0.2, -0.15) is 0 Å². The van der Waals surface area contributed by atoms with Crippen molar-refractivity contribution < 1.29 is 9.18 Å². The third-order valence-electron chi connectivity index (χ3n) is 7.30. The van der Waals surface area contributed by atoms with Crippen molar-refractivity contribution in [3.8, 4) is 0 Å². The van der Waals surface area contributed by atoms with E-state index in [-0.39, 0.29) is 23.1 Å². The minimum absolute atomic E-state index is 0.0196. The molecular formula is C25H26FN3O3. The standard InChI is InChI=1S/C25H26FN3O3/c1-25-15-28(13-4-7-20(30)16-8-10-17(26)11-9-16)14-12-21(25)29-22-18(25)5-3-6-19(22)27(2)23(31)24(29)32/h3,5-6,8-11,21H,4,7,12-15H2,1-2H3. The Bertz CT molecular complexity index is 1340. The second-order valence-electron chi connectivity index (χ2n) is 9.24. The SMILES string of the molecule is Cn1c(=O)c(=O)n2c3c(cccc31)C1(C)CN(CCCC(=O)c3ccc(F)cc3)CCC21. The van der Waals surface area contributed by atoms with Crippen molar-refractivity contribution in [2.75, 3.05) is 19.6 Å². The average Bonchev–Trinajstić information content (AvgIpc) is 3.05. The highest BCUT2D eigenvalue weighted by Gasteiger charge is 2.48. The molecule has 2 aromatic carbocycles. The van der Waals surface area contributed by atoms with E-state index in [0.717, 1.165) is 42.7 Å². The van der Waals surface area contributed by atoms with Crippen LogP contribution >= 0.6 is 0 Å². The van der Waals surface area contributed by atoms with E-state index in [1.54, 1.807) is 11.6 Å². The van der Waals surface area contributed by atoms with Crippen LogP contribution in [0.25, 0.3) is 11.0 Å². The number of hydrogen-bond acceptors (Lipinski definition) is 4. The molecule has 2 aliphatic heterocycles. The number of rotatable bonds is 5. The van der Waals surface area contributed by atoms with Crippen LogP contribution in [0.15, 0.2) is 52.1 Å². The Hall–Kier alpha value is -3.06. The Kier molecular flexibility index (Phi) is 4.89. The summed E-state index contributed by atoms with van der Waals surface area (Å²) in [5.41, 5.74) is 2.11. The number of nitrogens with zero attached hydrogens (tertiary/aromatic N) is 3. The average molecular weight is 435 g/mol. The number of hydrogen-bond donors (Lipinski definition) is 0. The maximum Gasteiger partial charge on any atom is 0.317 e. The second kappa shape index (κ2) is 7.52. The first-order valence-electron chi connectivity index (χ1n) is 11.1. The van der Waals surface area contributed by atoms with Crippen LogP contribution < -0.4 is 11.1 Å². The number of aryl methyl sites for hydroxylation is 1. The minimum atomic E-state index is -0.486. The van der Waals surface area contributed by atoms with Gasteiger partial charge in [-0.05, 0) is 55.3 Å². The monoisotopic (exact) mass is 435 g/mol. The molecule has 1 fully saturated rings. The molecule has 6 nitrogen and oxygen atoms in total. The fourth-order valence-corrected chi connectivity index (χ4v) is 5.66. The van der Waals surface area contributed by atoms with Crippen LogP contribution in [0.2, 0.25) is 0 Å². The zero-order valence-electron chi connectivity index (χ0n) is 18.3. The molecule has 2 atom stereocenters. The molecule has 5 rings (SSSR count). The van der Waals surface area contributed by atoms with Gasteiger partial charge in [0.1, 0.15) is 5.82 Å². The lowest BCUT2D eigenvalue weighted by Gasteiger charge is -2.43. The van der Waals surface area contributed by atoms with Crippen LogP contribution in [0, 0.1) is 5.82 Å². The summed E-state index contributed by atoms with van der Waals surface area (Å²) >= 11 is 0. The van der Waals surface area contributed by atoms with Crippen molar-refractivity contribution in [2.24, 2.45) is 7.05 Å². The number of fused-ring (bicyclic) bond motifs is 3. The van der Waals surface area contributed by atoms with E-state index in [1.807, 2.05) is 12.1 Å². The molecule has 0 radical (unpaired) electrons. The number of likely N-dealkylation sites (tertiary alicyclic amines) is 1. The van der Waals surface area contributed by atoms with Gasteiger partial charge in [0.25, 0.3) is 0 Å². The van der Waals surface area contributed by atoms with Gasteiger partial charge in [-0.25, -0.2) is 4.39 Å². The van der Waals surface area contributed by atoms with Crippen molar-refractivity contribution in [2.45, 2.75) is 37.6 Å². The lowest BCUT2D eigenvalue weighted by atomic mass is 9.74. The fraction of sp³-hybridized carbons (Fsp3) is 0.400. The normalized spacial score (nSPS) is 22.3. The Balaban J connectivity index is 1.35. The first-order chi connectivity index (χ1) is 15.3. The van der Waals surface area contributed by atoms with Crippen molar-refractivity contribution in [3.63, 3.8) is 0 Å². The summed E-state index contributed by atoms with van der Waals surface area (Å²) in [6.45, 7) is 4.53. The number of piperidine rings is 1. The van der Waals surface area contributed by atoms with Crippen LogP contribution in [0.3, 0.4) is 0 Å². The quantitative estimate of drug-likeness (QED) is 0.457. The molecule has 0 amide bonds. The molecule has 3 heterocycles. The molecule has 3 aromatic rings. The number of ketones is 1. The largest absolute Gasteiger partial charge is 0.317 e. The van der Waals surface area contributed by atoms with Gasteiger partial charge >= 0.3 is 11.1 Å². The number of Topliss-reactive ketones (excluding diaryl/α,β-unsaturated/α-hetero) is 1. The summed E-state index contributed by atoms with van der Waals surface area (Å²) in [5.74, 6) is -0.326. The molecule has 2 unspecified atom stereocenters. The highest BCUT2D eigenvalue weighted by Crippen LogP contribution is 2.49. The van der Waals surface area contributed by atoms with Gasteiger partial charge in [0.15, 0.2) is 5.78 Å². The molecule has 166 valence electrons. The molecule has 2 aliphatic rings. The summed E-state index contributed by atoms with van der Waals surface area (Å²) in [5, 5.41) is 0. The van der Waals surface area contributed by atoms with Crippen molar-refractivity contribution in [3.05, 3.63) is 80.1 Å². The van der Waals surface area contributed by atoms with Crippen molar-refractivity contribution in [1.29, 1.82) is 0 Å². The van der Waals surface area contributed by atoms with Gasteiger partial charge in [-0.3, -0.25) is 19.0 Å². The Morgan fingerprint density at radius 2 is 1.88 bits per heavy atom. The molecular weight excluding hydrogens is 409 g/mol. The Labute approximate surface area is 184 Å². The topological polar surface area (TPSA) is 64.3 Å². The molecule has 7 heteroatoms. The lowest BCUT2D eigenvalue weighted by molar-refractivity contribution is 0.0944. The van der Waals surface area contributed by atoms with Crippen molar-refractivity contribution >= 4 is 16.8 Å². The van der Waals surface area contributed by atoms with Gasteiger partial charge in [0, 0.05) is 43.6 Å². The van der Waals surface area contributed by atoms with Gasteiger partial charge in [0.2, 0.25) is 0 Å². The molecule has 1 saturated heterocycles. The predicted octanol–water partition coefficient (Wildman–Crippen LogP) is 3.02. The van der Waals surface area contributed by atoms with E-state index in [2.05, 4.69) is 17.9 Å². The predicted molar refractivity (Wildman–Crippen MR) is 121 cm³/mol. The first kappa shape index (κ1) is 20.8.